The molecule has 0 aliphatic heterocycles. The van der Waals surface area contributed by atoms with E-state index in [1.165, 1.54) is 12.2 Å². The summed E-state index contributed by atoms with van der Waals surface area (Å²) in [4.78, 5) is 11.8. The fraction of sp³-hybridized carbons (Fsp3) is 0.773. The Hall–Kier alpha value is -1.08. The molecule has 0 aromatic rings. The summed E-state index contributed by atoms with van der Waals surface area (Å²) in [6.07, 6.45) is 3.35. The maximum absolute atomic E-state index is 16.9. The fourth-order valence-electron chi connectivity index (χ4n) is 7.43. The molecule has 0 heterocycles. The SMILES string of the molecule is C[C@H]1CC2C3CCC4=CC(=O)C=C[C@]4(C)[C@@]3(F)[C@@H](O)C[C@]2(C)[C@@]1(O)C(O)CO. The van der Waals surface area contributed by atoms with E-state index >= 15 is 4.39 Å². The highest BCUT2D eigenvalue weighted by atomic mass is 19.1. The molecule has 156 valence electrons. The van der Waals surface area contributed by atoms with Crippen molar-refractivity contribution in [2.45, 2.75) is 69.9 Å². The Bertz CT molecular complexity index is 764. The highest BCUT2D eigenvalue weighted by Gasteiger charge is 2.75. The molecule has 0 saturated heterocycles. The van der Waals surface area contributed by atoms with E-state index < -0.39 is 46.8 Å². The van der Waals surface area contributed by atoms with Gasteiger partial charge in [0.25, 0.3) is 0 Å². The summed E-state index contributed by atoms with van der Waals surface area (Å²) >= 11 is 0. The monoisotopic (exact) mass is 394 g/mol. The van der Waals surface area contributed by atoms with Gasteiger partial charge in [-0.3, -0.25) is 4.79 Å². The Morgan fingerprint density at radius 2 is 2.00 bits per heavy atom. The summed E-state index contributed by atoms with van der Waals surface area (Å²) in [5.74, 6) is -1.25. The maximum atomic E-state index is 16.9. The summed E-state index contributed by atoms with van der Waals surface area (Å²) in [7, 11) is 0. The van der Waals surface area contributed by atoms with Crippen molar-refractivity contribution in [1.29, 1.82) is 0 Å². The van der Waals surface area contributed by atoms with Crippen LogP contribution < -0.4 is 0 Å². The molecule has 28 heavy (non-hydrogen) atoms. The number of allylic oxidation sites excluding steroid dienone is 4. The van der Waals surface area contributed by atoms with Gasteiger partial charge in [0.05, 0.1) is 12.7 Å². The number of hydrogen-bond donors (Lipinski definition) is 4. The van der Waals surface area contributed by atoms with Gasteiger partial charge < -0.3 is 20.4 Å². The van der Waals surface area contributed by atoms with E-state index in [1.54, 1.807) is 13.0 Å². The number of aliphatic hydroxyl groups is 4. The van der Waals surface area contributed by atoms with Crippen LogP contribution in [0.5, 0.6) is 0 Å². The molecule has 4 aliphatic rings. The molecule has 4 N–H and O–H groups in total. The lowest BCUT2D eigenvalue weighted by atomic mass is 9.44. The van der Waals surface area contributed by atoms with Crippen molar-refractivity contribution in [3.63, 3.8) is 0 Å². The second-order valence-electron chi connectivity index (χ2n) is 9.93. The molecule has 9 atom stereocenters. The summed E-state index contributed by atoms with van der Waals surface area (Å²) < 4.78 is 16.9. The lowest BCUT2D eigenvalue weighted by molar-refractivity contribution is -0.242. The van der Waals surface area contributed by atoms with Crippen molar-refractivity contribution in [2.24, 2.45) is 28.6 Å². The molecule has 3 saturated carbocycles. The van der Waals surface area contributed by atoms with Crippen molar-refractivity contribution in [3.8, 4) is 0 Å². The minimum absolute atomic E-state index is 0.00672. The molecule has 5 nitrogen and oxygen atoms in total. The number of alkyl halides is 1. The molecular weight excluding hydrogens is 363 g/mol. The zero-order valence-corrected chi connectivity index (χ0v) is 16.7. The average molecular weight is 394 g/mol. The van der Waals surface area contributed by atoms with Crippen LogP contribution in [0.15, 0.2) is 23.8 Å². The predicted octanol–water partition coefficient (Wildman–Crippen LogP) is 1.69. The predicted molar refractivity (Wildman–Crippen MR) is 101 cm³/mol. The second kappa shape index (κ2) is 5.97. The van der Waals surface area contributed by atoms with Crippen LogP contribution in [0.2, 0.25) is 0 Å². The van der Waals surface area contributed by atoms with Crippen LogP contribution in [0.25, 0.3) is 0 Å². The lowest BCUT2D eigenvalue weighted by Crippen LogP contribution is -2.70. The van der Waals surface area contributed by atoms with Gasteiger partial charge in [0.2, 0.25) is 0 Å². The van der Waals surface area contributed by atoms with E-state index in [0.29, 0.717) is 19.3 Å². The number of aliphatic hydroxyl groups excluding tert-OH is 3. The third kappa shape index (κ3) is 2.07. The molecule has 0 bridgehead atoms. The van der Waals surface area contributed by atoms with Gasteiger partial charge in [-0.15, -0.1) is 0 Å². The quantitative estimate of drug-likeness (QED) is 0.571. The van der Waals surface area contributed by atoms with Gasteiger partial charge in [-0.25, -0.2) is 4.39 Å². The van der Waals surface area contributed by atoms with Crippen molar-refractivity contribution in [3.05, 3.63) is 23.8 Å². The smallest absolute Gasteiger partial charge is 0.178 e. The number of hydrogen-bond acceptors (Lipinski definition) is 5. The minimum atomic E-state index is -1.95. The number of halogens is 1. The summed E-state index contributed by atoms with van der Waals surface area (Å²) in [6.45, 7) is 4.81. The standard InChI is InChI=1S/C22H31FO5/c1-12-8-16-15-5-4-13-9-14(25)6-7-19(13,2)21(15,23)17(26)10-20(16,3)22(12,28)18(27)11-24/h6-7,9,12,15-18,24,26-28H,4-5,8,10-11H2,1-3H3/t12-,15?,16?,17-,18?,19-,20-,21-,22-/m0/s1. The van der Waals surface area contributed by atoms with E-state index in [2.05, 4.69) is 0 Å². The van der Waals surface area contributed by atoms with Crippen LogP contribution in [0.4, 0.5) is 4.39 Å². The Morgan fingerprint density at radius 3 is 2.64 bits per heavy atom. The van der Waals surface area contributed by atoms with Gasteiger partial charge in [-0.1, -0.05) is 25.5 Å². The first-order valence-electron chi connectivity index (χ1n) is 10.3. The summed E-state index contributed by atoms with van der Waals surface area (Å²) in [5.41, 5.74) is -4.81. The van der Waals surface area contributed by atoms with Crippen molar-refractivity contribution < 1.29 is 29.6 Å². The number of carbonyl (C=O) groups excluding carboxylic acids is 1. The average Bonchev–Trinajstić information content (AvgIpc) is 2.84. The van der Waals surface area contributed by atoms with Gasteiger partial charge in [0.15, 0.2) is 11.5 Å². The van der Waals surface area contributed by atoms with E-state index in [0.717, 1.165) is 5.57 Å². The van der Waals surface area contributed by atoms with E-state index in [-0.39, 0.29) is 24.0 Å². The Balaban J connectivity index is 1.83. The van der Waals surface area contributed by atoms with Crippen LogP contribution in [0.3, 0.4) is 0 Å². The lowest BCUT2D eigenvalue weighted by Gasteiger charge is -2.63. The zero-order valence-electron chi connectivity index (χ0n) is 16.7. The maximum Gasteiger partial charge on any atom is 0.178 e. The highest BCUT2D eigenvalue weighted by molar-refractivity contribution is 6.01. The van der Waals surface area contributed by atoms with Crippen LogP contribution in [-0.4, -0.2) is 56.3 Å². The number of rotatable bonds is 2. The molecule has 3 fully saturated rings. The molecule has 0 aromatic heterocycles. The Labute approximate surface area is 165 Å². The molecular formula is C22H31FO5. The topological polar surface area (TPSA) is 98.0 Å². The first-order valence-corrected chi connectivity index (χ1v) is 10.3. The molecule has 0 aromatic carbocycles. The first-order chi connectivity index (χ1) is 13.0. The molecule has 3 unspecified atom stereocenters. The van der Waals surface area contributed by atoms with E-state index in [4.69, 9.17) is 0 Å². The molecule has 4 rings (SSSR count). The Kier molecular flexibility index (Phi) is 4.31. The third-order valence-corrected chi connectivity index (χ3v) is 8.99. The van der Waals surface area contributed by atoms with Gasteiger partial charge in [-0.05, 0) is 56.6 Å². The van der Waals surface area contributed by atoms with E-state index in [9.17, 15) is 25.2 Å². The number of ketones is 1. The fourth-order valence-corrected chi connectivity index (χ4v) is 7.43. The van der Waals surface area contributed by atoms with E-state index in [1.807, 2.05) is 13.8 Å². The summed E-state index contributed by atoms with van der Waals surface area (Å²) in [5, 5.41) is 42.7. The molecule has 0 radical (unpaired) electrons. The van der Waals surface area contributed by atoms with Crippen LogP contribution in [0.1, 0.15) is 46.5 Å². The largest absolute Gasteiger partial charge is 0.394 e. The molecule has 4 aliphatic carbocycles. The molecule has 0 spiro atoms. The van der Waals surface area contributed by atoms with Gasteiger partial charge in [-0.2, -0.15) is 0 Å². The minimum Gasteiger partial charge on any atom is -0.394 e. The van der Waals surface area contributed by atoms with Gasteiger partial charge in [0.1, 0.15) is 11.7 Å². The highest BCUT2D eigenvalue weighted by Crippen LogP contribution is 2.71. The normalized spacial score (nSPS) is 53.9. The number of fused-ring (bicyclic) bond motifs is 5. The molecule has 0 amide bonds. The third-order valence-electron chi connectivity index (χ3n) is 8.99. The molecule has 6 heteroatoms. The van der Waals surface area contributed by atoms with Crippen molar-refractivity contribution in [1.82, 2.24) is 0 Å². The summed E-state index contributed by atoms with van der Waals surface area (Å²) in [6, 6.07) is 0. The number of carbonyl (C=O) groups is 1. The zero-order chi connectivity index (χ0) is 20.7. The van der Waals surface area contributed by atoms with Crippen LogP contribution in [0, 0.1) is 28.6 Å². The second-order valence-corrected chi connectivity index (χ2v) is 9.93. The van der Waals surface area contributed by atoms with Crippen LogP contribution in [-0.2, 0) is 4.79 Å². The van der Waals surface area contributed by atoms with Gasteiger partial charge in [0, 0.05) is 16.7 Å². The first kappa shape index (κ1) is 20.2. The van der Waals surface area contributed by atoms with Crippen LogP contribution >= 0.6 is 0 Å². The Morgan fingerprint density at radius 1 is 1.32 bits per heavy atom. The van der Waals surface area contributed by atoms with Crippen molar-refractivity contribution in [2.75, 3.05) is 6.61 Å². The van der Waals surface area contributed by atoms with Gasteiger partial charge >= 0.3 is 0 Å². The van der Waals surface area contributed by atoms with Crippen molar-refractivity contribution >= 4 is 5.78 Å².